The number of rotatable bonds is 3. The molecule has 6 heteroatoms. The average molecular weight is 345 g/mol. The van der Waals surface area contributed by atoms with Crippen LogP contribution in [0.4, 0.5) is 5.69 Å². The summed E-state index contributed by atoms with van der Waals surface area (Å²) in [5.41, 5.74) is 2.36. The lowest BCUT2D eigenvalue weighted by Gasteiger charge is -2.09. The molecule has 1 aromatic carbocycles. The van der Waals surface area contributed by atoms with Crippen LogP contribution in [0.3, 0.4) is 0 Å². The number of anilines is 1. The maximum Gasteiger partial charge on any atom is 0.272 e. The largest absolute Gasteiger partial charge is 0.339 e. The van der Waals surface area contributed by atoms with Gasteiger partial charge in [-0.2, -0.15) is 5.10 Å². The summed E-state index contributed by atoms with van der Waals surface area (Å²) in [4.78, 5) is 12.6. The lowest BCUT2D eigenvalue weighted by atomic mass is 10.2. The maximum absolute atomic E-state index is 12.6. The van der Waals surface area contributed by atoms with Crippen LogP contribution in [0.15, 0.2) is 41.1 Å². The molecule has 21 heavy (non-hydrogen) atoms. The molecule has 4 rings (SSSR count). The molecule has 1 saturated carbocycles. The summed E-state index contributed by atoms with van der Waals surface area (Å²) in [5.74, 6) is -0.0960. The SMILES string of the molecule is O=C(Nc1cccc2[nH]ncc12)c1cc(Br)cn1C1CC1. The van der Waals surface area contributed by atoms with E-state index < -0.39 is 0 Å². The highest BCUT2D eigenvalue weighted by atomic mass is 79.9. The number of hydrogen-bond acceptors (Lipinski definition) is 2. The molecule has 0 bridgehead atoms. The van der Waals surface area contributed by atoms with Crippen molar-refractivity contribution in [3.05, 3.63) is 46.8 Å². The van der Waals surface area contributed by atoms with E-state index in [0.717, 1.165) is 33.9 Å². The molecule has 1 amide bonds. The van der Waals surface area contributed by atoms with Crippen molar-refractivity contribution in [3.8, 4) is 0 Å². The first-order valence-corrected chi connectivity index (χ1v) is 7.62. The highest BCUT2D eigenvalue weighted by Crippen LogP contribution is 2.37. The second-order valence-electron chi connectivity index (χ2n) is 5.27. The lowest BCUT2D eigenvalue weighted by Crippen LogP contribution is -2.16. The third-order valence-electron chi connectivity index (χ3n) is 3.72. The minimum Gasteiger partial charge on any atom is -0.339 e. The molecule has 2 N–H and O–H groups in total. The van der Waals surface area contributed by atoms with E-state index in [1.807, 2.05) is 30.5 Å². The number of nitrogens with one attached hydrogen (secondary N) is 2. The van der Waals surface area contributed by atoms with E-state index in [-0.39, 0.29) is 5.91 Å². The molecule has 106 valence electrons. The van der Waals surface area contributed by atoms with Gasteiger partial charge < -0.3 is 9.88 Å². The van der Waals surface area contributed by atoms with Gasteiger partial charge in [-0.05, 0) is 47.0 Å². The fourth-order valence-electron chi connectivity index (χ4n) is 2.55. The summed E-state index contributed by atoms with van der Waals surface area (Å²) in [6.45, 7) is 0. The van der Waals surface area contributed by atoms with Crippen molar-refractivity contribution in [2.45, 2.75) is 18.9 Å². The van der Waals surface area contributed by atoms with Gasteiger partial charge in [-0.3, -0.25) is 9.89 Å². The highest BCUT2D eigenvalue weighted by Gasteiger charge is 2.27. The molecule has 2 aromatic heterocycles. The topological polar surface area (TPSA) is 62.7 Å². The second-order valence-corrected chi connectivity index (χ2v) is 6.19. The maximum atomic E-state index is 12.6. The molecule has 1 fully saturated rings. The van der Waals surface area contributed by atoms with Gasteiger partial charge in [0.2, 0.25) is 0 Å². The molecule has 2 heterocycles. The number of benzene rings is 1. The zero-order chi connectivity index (χ0) is 14.4. The highest BCUT2D eigenvalue weighted by molar-refractivity contribution is 9.10. The van der Waals surface area contributed by atoms with Crippen LogP contribution in [0.5, 0.6) is 0 Å². The van der Waals surface area contributed by atoms with Gasteiger partial charge in [0.25, 0.3) is 5.91 Å². The Bertz CT molecular complexity index is 831. The third-order valence-corrected chi connectivity index (χ3v) is 4.15. The lowest BCUT2D eigenvalue weighted by molar-refractivity contribution is 0.101. The Morgan fingerprint density at radius 2 is 2.29 bits per heavy atom. The van der Waals surface area contributed by atoms with E-state index in [0.29, 0.717) is 11.7 Å². The Kier molecular flexibility index (Phi) is 2.85. The molecule has 0 unspecified atom stereocenters. The number of carbonyl (C=O) groups is 1. The standard InChI is InChI=1S/C15H13BrN4O/c16-9-6-14(20(8-9)10-4-5-10)15(21)18-12-2-1-3-13-11(12)7-17-19-13/h1-3,6-8,10H,4-5H2,(H,17,19)(H,18,21). The van der Waals surface area contributed by atoms with E-state index in [9.17, 15) is 4.79 Å². The van der Waals surface area contributed by atoms with E-state index in [1.54, 1.807) is 6.20 Å². The fourth-order valence-corrected chi connectivity index (χ4v) is 2.98. The monoisotopic (exact) mass is 344 g/mol. The van der Waals surface area contributed by atoms with Gasteiger partial charge in [0.1, 0.15) is 5.69 Å². The fraction of sp³-hybridized carbons (Fsp3) is 0.200. The molecular formula is C15H13BrN4O. The summed E-state index contributed by atoms with van der Waals surface area (Å²) < 4.78 is 2.98. The summed E-state index contributed by atoms with van der Waals surface area (Å²) >= 11 is 3.45. The minimum atomic E-state index is -0.0960. The predicted molar refractivity (Wildman–Crippen MR) is 84.4 cm³/mol. The summed E-state index contributed by atoms with van der Waals surface area (Å²) in [7, 11) is 0. The van der Waals surface area contributed by atoms with Crippen molar-refractivity contribution in [2.24, 2.45) is 0 Å². The molecule has 5 nitrogen and oxygen atoms in total. The number of nitrogens with zero attached hydrogens (tertiary/aromatic N) is 2. The van der Waals surface area contributed by atoms with Crippen LogP contribution in [0.25, 0.3) is 10.9 Å². The summed E-state index contributed by atoms with van der Waals surface area (Å²) in [6, 6.07) is 8.04. The molecule has 0 saturated heterocycles. The first-order chi connectivity index (χ1) is 10.2. The van der Waals surface area contributed by atoms with Crippen LogP contribution in [0.1, 0.15) is 29.4 Å². The van der Waals surface area contributed by atoms with Crippen LogP contribution >= 0.6 is 15.9 Å². The quantitative estimate of drug-likeness (QED) is 0.760. The second kappa shape index (κ2) is 4.73. The van der Waals surface area contributed by atoms with E-state index in [4.69, 9.17) is 0 Å². The molecule has 0 spiro atoms. The summed E-state index contributed by atoms with van der Waals surface area (Å²) in [5, 5.41) is 10.8. The van der Waals surface area contributed by atoms with E-state index >= 15 is 0 Å². The van der Waals surface area contributed by atoms with Crippen molar-refractivity contribution in [1.82, 2.24) is 14.8 Å². The van der Waals surface area contributed by atoms with Crippen LogP contribution in [0.2, 0.25) is 0 Å². The van der Waals surface area contributed by atoms with Crippen LogP contribution in [0, 0.1) is 0 Å². The van der Waals surface area contributed by atoms with Crippen molar-refractivity contribution < 1.29 is 4.79 Å². The Labute approximate surface area is 129 Å². The normalized spacial score (nSPS) is 14.5. The summed E-state index contributed by atoms with van der Waals surface area (Å²) in [6.07, 6.45) is 5.98. The molecule has 0 radical (unpaired) electrons. The van der Waals surface area contributed by atoms with Crippen molar-refractivity contribution >= 4 is 38.4 Å². The zero-order valence-corrected chi connectivity index (χ0v) is 12.7. The smallest absolute Gasteiger partial charge is 0.272 e. The molecule has 3 aromatic rings. The van der Waals surface area contributed by atoms with Crippen molar-refractivity contribution in [1.29, 1.82) is 0 Å². The van der Waals surface area contributed by atoms with Gasteiger partial charge in [0.15, 0.2) is 0 Å². The van der Waals surface area contributed by atoms with Crippen molar-refractivity contribution in [3.63, 3.8) is 0 Å². The number of fused-ring (bicyclic) bond motifs is 1. The first kappa shape index (κ1) is 12.6. The molecular weight excluding hydrogens is 332 g/mol. The number of aromatic nitrogens is 3. The van der Waals surface area contributed by atoms with Crippen LogP contribution < -0.4 is 5.32 Å². The third kappa shape index (κ3) is 2.25. The molecule has 1 aliphatic carbocycles. The van der Waals surface area contributed by atoms with Gasteiger partial charge in [-0.25, -0.2) is 0 Å². The minimum absolute atomic E-state index is 0.0960. The Hall–Kier alpha value is -2.08. The number of carbonyl (C=O) groups excluding carboxylic acids is 1. The number of hydrogen-bond donors (Lipinski definition) is 2. The predicted octanol–water partition coefficient (Wildman–Crippen LogP) is 3.71. The van der Waals surface area contributed by atoms with Crippen LogP contribution in [-0.2, 0) is 0 Å². The Balaban J connectivity index is 1.68. The zero-order valence-electron chi connectivity index (χ0n) is 11.1. The van der Waals surface area contributed by atoms with Crippen molar-refractivity contribution in [2.75, 3.05) is 5.32 Å². The van der Waals surface area contributed by atoms with E-state index in [1.165, 1.54) is 0 Å². The van der Waals surface area contributed by atoms with E-state index in [2.05, 4.69) is 36.0 Å². The number of halogens is 1. The number of aromatic amines is 1. The van der Waals surface area contributed by atoms with Crippen LogP contribution in [-0.4, -0.2) is 20.7 Å². The molecule has 0 atom stereocenters. The first-order valence-electron chi connectivity index (χ1n) is 6.83. The van der Waals surface area contributed by atoms with Gasteiger partial charge in [-0.1, -0.05) is 6.07 Å². The Morgan fingerprint density at radius 1 is 1.43 bits per heavy atom. The van der Waals surface area contributed by atoms with Gasteiger partial charge in [0, 0.05) is 22.1 Å². The van der Waals surface area contributed by atoms with Gasteiger partial charge in [0.05, 0.1) is 17.4 Å². The van der Waals surface area contributed by atoms with Gasteiger partial charge in [-0.15, -0.1) is 0 Å². The molecule has 1 aliphatic rings. The van der Waals surface area contributed by atoms with Gasteiger partial charge >= 0.3 is 0 Å². The number of H-pyrrole nitrogens is 1. The number of amides is 1. The Morgan fingerprint density at radius 3 is 3.10 bits per heavy atom. The average Bonchev–Trinajstić information content (AvgIpc) is 3.06. The molecule has 0 aliphatic heterocycles.